The molecule has 2 rings (SSSR count). The topological polar surface area (TPSA) is 23.5 Å². The van der Waals surface area contributed by atoms with Crippen molar-refractivity contribution in [3.8, 4) is 0 Å². The second kappa shape index (κ2) is 5.59. The fourth-order valence-corrected chi connectivity index (χ4v) is 2.75. The van der Waals surface area contributed by atoms with Crippen LogP contribution in [0.15, 0.2) is 24.3 Å². The highest BCUT2D eigenvalue weighted by Gasteiger charge is 2.33. The molecule has 1 aliphatic heterocycles. The highest BCUT2D eigenvalue weighted by Crippen LogP contribution is 2.27. The van der Waals surface area contributed by atoms with Crippen molar-refractivity contribution >= 4 is 12.6 Å². The lowest BCUT2D eigenvalue weighted by Gasteiger charge is -2.39. The van der Waals surface area contributed by atoms with Gasteiger partial charge in [0, 0.05) is 24.9 Å². The van der Waals surface area contributed by atoms with Crippen LogP contribution in [0, 0.1) is 5.82 Å². The molecule has 4 heteroatoms. The summed E-state index contributed by atoms with van der Waals surface area (Å²) in [5.74, 6) is -0.238. The van der Waals surface area contributed by atoms with Crippen molar-refractivity contribution in [1.82, 2.24) is 4.90 Å². The van der Waals surface area contributed by atoms with Gasteiger partial charge in [-0.15, -0.1) is 0 Å². The van der Waals surface area contributed by atoms with Crippen LogP contribution in [0.25, 0.3) is 0 Å². The van der Waals surface area contributed by atoms with Gasteiger partial charge in [-0.05, 0) is 37.5 Å². The van der Waals surface area contributed by atoms with Crippen molar-refractivity contribution in [3.05, 3.63) is 35.6 Å². The van der Waals surface area contributed by atoms with Gasteiger partial charge >= 0.3 is 0 Å². The second-order valence-electron chi connectivity index (χ2n) is 5.20. The van der Waals surface area contributed by atoms with E-state index < -0.39 is 5.60 Å². The molecule has 1 fully saturated rings. The Kier molecular flexibility index (Phi) is 4.30. The van der Waals surface area contributed by atoms with E-state index in [0.29, 0.717) is 19.3 Å². The number of likely N-dealkylation sites (tertiary alicyclic amines) is 1. The lowest BCUT2D eigenvalue weighted by atomic mass is 9.85. The van der Waals surface area contributed by atoms with E-state index in [4.69, 9.17) is 0 Å². The molecule has 1 heterocycles. The molecule has 0 unspecified atom stereocenters. The molecule has 0 saturated carbocycles. The van der Waals surface area contributed by atoms with Gasteiger partial charge in [0.15, 0.2) is 0 Å². The molecule has 0 bridgehead atoms. The maximum atomic E-state index is 13.1. The van der Waals surface area contributed by atoms with Crippen LogP contribution < -0.4 is 0 Å². The summed E-state index contributed by atoms with van der Waals surface area (Å²) >= 11 is 4.41. The molecule has 0 aliphatic carbocycles. The number of rotatable bonds is 3. The van der Waals surface area contributed by atoms with E-state index >= 15 is 0 Å². The summed E-state index contributed by atoms with van der Waals surface area (Å²) < 4.78 is 13.1. The zero-order chi connectivity index (χ0) is 13.2. The number of nitrogens with zero attached hydrogens (tertiary/aromatic N) is 1. The molecule has 0 radical (unpaired) electrons. The van der Waals surface area contributed by atoms with E-state index in [1.165, 1.54) is 12.1 Å². The maximum absolute atomic E-state index is 13.1. The monoisotopic (exact) mass is 269 g/mol. The minimum Gasteiger partial charge on any atom is -0.389 e. The number of thiol groups is 1. The molecule has 100 valence electrons. The summed E-state index contributed by atoms with van der Waals surface area (Å²) in [7, 11) is 0. The Balaban J connectivity index is 1.97. The Morgan fingerprint density at radius 1 is 1.44 bits per heavy atom. The Hall–Kier alpha value is -0.580. The molecule has 0 amide bonds. The molecular formula is C14H20FNOS. The number of hydrogen-bond acceptors (Lipinski definition) is 3. The smallest absolute Gasteiger partial charge is 0.123 e. The number of piperidine rings is 1. The number of halogens is 1. The standard InChI is InChI=1S/C14H20FNOS/c1-11(18)16-7-5-14(17,6-8-16)10-12-3-2-4-13(15)9-12/h2-4,9,11,17-18H,5-8,10H2,1H3/t11-/m0/s1. The number of aliphatic hydroxyl groups is 1. The van der Waals surface area contributed by atoms with Gasteiger partial charge in [0.25, 0.3) is 0 Å². The van der Waals surface area contributed by atoms with Crippen LogP contribution in [0.5, 0.6) is 0 Å². The molecule has 0 spiro atoms. The Morgan fingerprint density at radius 3 is 2.67 bits per heavy atom. The van der Waals surface area contributed by atoms with Gasteiger partial charge in [0.2, 0.25) is 0 Å². The third kappa shape index (κ3) is 3.46. The van der Waals surface area contributed by atoms with Crippen molar-refractivity contribution in [1.29, 1.82) is 0 Å². The van der Waals surface area contributed by atoms with E-state index in [1.807, 2.05) is 13.0 Å². The Bertz CT molecular complexity index is 403. The SMILES string of the molecule is C[C@H](S)N1CCC(O)(Cc2cccc(F)c2)CC1. The van der Waals surface area contributed by atoms with Crippen LogP contribution in [0.2, 0.25) is 0 Å². The molecule has 1 aromatic rings. The van der Waals surface area contributed by atoms with Gasteiger partial charge in [-0.3, -0.25) is 4.90 Å². The molecule has 1 N–H and O–H groups in total. The summed E-state index contributed by atoms with van der Waals surface area (Å²) in [5.41, 5.74) is 0.164. The Morgan fingerprint density at radius 2 is 2.11 bits per heavy atom. The minimum absolute atomic E-state index is 0.226. The Labute approximate surface area is 113 Å². The van der Waals surface area contributed by atoms with Crippen LogP contribution in [-0.2, 0) is 6.42 Å². The van der Waals surface area contributed by atoms with E-state index in [9.17, 15) is 9.50 Å². The molecule has 0 aromatic heterocycles. The third-order valence-corrected chi connectivity index (χ3v) is 4.01. The van der Waals surface area contributed by atoms with Crippen LogP contribution in [-0.4, -0.2) is 34.1 Å². The third-order valence-electron chi connectivity index (χ3n) is 3.68. The van der Waals surface area contributed by atoms with Crippen molar-refractivity contribution < 1.29 is 9.50 Å². The van der Waals surface area contributed by atoms with Gasteiger partial charge in [-0.1, -0.05) is 12.1 Å². The van der Waals surface area contributed by atoms with Crippen LogP contribution in [0.3, 0.4) is 0 Å². The fourth-order valence-electron chi connectivity index (χ4n) is 2.52. The van der Waals surface area contributed by atoms with Crippen LogP contribution in [0.4, 0.5) is 4.39 Å². The van der Waals surface area contributed by atoms with E-state index in [-0.39, 0.29) is 11.2 Å². The summed E-state index contributed by atoms with van der Waals surface area (Å²) in [6.07, 6.45) is 1.96. The van der Waals surface area contributed by atoms with Gasteiger partial charge in [-0.2, -0.15) is 12.6 Å². The van der Waals surface area contributed by atoms with E-state index in [2.05, 4.69) is 17.5 Å². The average Bonchev–Trinajstić information content (AvgIpc) is 2.29. The van der Waals surface area contributed by atoms with Gasteiger partial charge in [0.1, 0.15) is 5.82 Å². The fraction of sp³-hybridized carbons (Fsp3) is 0.571. The molecular weight excluding hydrogens is 249 g/mol. The molecule has 18 heavy (non-hydrogen) atoms. The first-order valence-corrected chi connectivity index (χ1v) is 6.89. The lowest BCUT2D eigenvalue weighted by molar-refractivity contribution is -0.0217. The average molecular weight is 269 g/mol. The largest absolute Gasteiger partial charge is 0.389 e. The summed E-state index contributed by atoms with van der Waals surface area (Å²) in [4.78, 5) is 2.24. The first kappa shape index (κ1) is 13.8. The maximum Gasteiger partial charge on any atom is 0.123 e. The molecule has 1 aromatic carbocycles. The zero-order valence-corrected chi connectivity index (χ0v) is 11.5. The first-order valence-electron chi connectivity index (χ1n) is 6.37. The van der Waals surface area contributed by atoms with Crippen molar-refractivity contribution in [2.75, 3.05) is 13.1 Å². The highest BCUT2D eigenvalue weighted by atomic mass is 32.1. The van der Waals surface area contributed by atoms with Gasteiger partial charge < -0.3 is 5.11 Å². The quantitative estimate of drug-likeness (QED) is 0.824. The predicted molar refractivity (Wildman–Crippen MR) is 74.3 cm³/mol. The number of hydrogen-bond donors (Lipinski definition) is 2. The van der Waals surface area contributed by atoms with E-state index in [0.717, 1.165) is 18.7 Å². The molecule has 1 saturated heterocycles. The highest BCUT2D eigenvalue weighted by molar-refractivity contribution is 7.80. The summed E-state index contributed by atoms with van der Waals surface area (Å²) in [6, 6.07) is 6.50. The summed E-state index contributed by atoms with van der Waals surface area (Å²) in [6.45, 7) is 3.73. The minimum atomic E-state index is -0.701. The van der Waals surface area contributed by atoms with Crippen LogP contribution >= 0.6 is 12.6 Å². The van der Waals surface area contributed by atoms with Gasteiger partial charge in [-0.25, -0.2) is 4.39 Å². The van der Waals surface area contributed by atoms with Crippen LogP contribution in [0.1, 0.15) is 25.3 Å². The predicted octanol–water partition coefficient (Wildman–Crippen LogP) is 2.47. The second-order valence-corrected chi connectivity index (χ2v) is 5.95. The molecule has 1 aliphatic rings. The normalized spacial score (nSPS) is 21.8. The van der Waals surface area contributed by atoms with Gasteiger partial charge in [0.05, 0.1) is 5.60 Å². The lowest BCUT2D eigenvalue weighted by Crippen LogP contribution is -2.47. The van der Waals surface area contributed by atoms with E-state index in [1.54, 1.807) is 6.07 Å². The first-order chi connectivity index (χ1) is 8.48. The molecule has 1 atom stereocenters. The van der Waals surface area contributed by atoms with Crippen molar-refractivity contribution in [2.45, 2.75) is 37.2 Å². The van der Waals surface area contributed by atoms with Crippen molar-refractivity contribution in [3.63, 3.8) is 0 Å². The van der Waals surface area contributed by atoms with Crippen molar-refractivity contribution in [2.24, 2.45) is 0 Å². The molecule has 2 nitrogen and oxygen atoms in total. The summed E-state index contributed by atoms with van der Waals surface area (Å²) in [5, 5.41) is 10.8. The number of benzene rings is 1. The zero-order valence-electron chi connectivity index (χ0n) is 10.6.